The molecule has 0 saturated carbocycles. The van der Waals surface area contributed by atoms with Gasteiger partial charge in [-0.25, -0.2) is 4.79 Å². The van der Waals surface area contributed by atoms with Crippen molar-refractivity contribution in [2.45, 2.75) is 45.8 Å². The third kappa shape index (κ3) is 3.40. The number of nitrogens with two attached hydrogens (primary N) is 1. The van der Waals surface area contributed by atoms with Crippen molar-refractivity contribution in [3.05, 3.63) is 23.2 Å². The first kappa shape index (κ1) is 16.8. The lowest BCUT2D eigenvalue weighted by atomic mass is 9.75. The van der Waals surface area contributed by atoms with E-state index in [1.807, 2.05) is 13.0 Å². The number of rotatable bonds is 2. The summed E-state index contributed by atoms with van der Waals surface area (Å²) >= 11 is 0. The molecule has 1 aliphatic heterocycles. The second-order valence-electron chi connectivity index (χ2n) is 7.49. The summed E-state index contributed by atoms with van der Waals surface area (Å²) in [6.45, 7) is 7.21. The minimum absolute atomic E-state index is 0.0516. The predicted octanol–water partition coefficient (Wildman–Crippen LogP) is 1.50. The van der Waals surface area contributed by atoms with E-state index in [0.717, 1.165) is 29.9 Å². The van der Waals surface area contributed by atoms with Crippen molar-refractivity contribution < 1.29 is 18.7 Å². The number of nitrogens with one attached hydrogen (secondary N) is 1. The molecule has 1 aliphatic carbocycles. The minimum Gasteiger partial charge on any atom is -0.466 e. The van der Waals surface area contributed by atoms with Crippen LogP contribution in [0.25, 0.3) is 0 Å². The molecule has 0 spiro atoms. The average molecular weight is 335 g/mol. The van der Waals surface area contributed by atoms with Crippen LogP contribution in [0, 0.1) is 12.3 Å². The summed E-state index contributed by atoms with van der Waals surface area (Å²) < 4.78 is 11.1. The second kappa shape index (κ2) is 6.12. The van der Waals surface area contributed by atoms with Gasteiger partial charge in [0.1, 0.15) is 11.5 Å². The van der Waals surface area contributed by atoms with Gasteiger partial charge in [0.25, 0.3) is 0 Å². The molecule has 0 bridgehead atoms. The van der Waals surface area contributed by atoms with Crippen LogP contribution in [0.3, 0.4) is 0 Å². The van der Waals surface area contributed by atoms with E-state index in [4.69, 9.17) is 14.9 Å². The monoisotopic (exact) mass is 335 g/mol. The number of morpholine rings is 1. The van der Waals surface area contributed by atoms with Crippen LogP contribution >= 0.6 is 0 Å². The van der Waals surface area contributed by atoms with Crippen molar-refractivity contribution in [2.75, 3.05) is 19.7 Å². The molecule has 1 aromatic rings. The van der Waals surface area contributed by atoms with Crippen molar-refractivity contribution in [3.63, 3.8) is 0 Å². The summed E-state index contributed by atoms with van der Waals surface area (Å²) in [5.74, 6) is 1.27. The van der Waals surface area contributed by atoms with E-state index in [9.17, 15) is 9.59 Å². The van der Waals surface area contributed by atoms with Gasteiger partial charge in [-0.2, -0.15) is 0 Å². The first-order valence-corrected chi connectivity index (χ1v) is 8.31. The molecule has 2 heterocycles. The Morgan fingerprint density at radius 2 is 2.17 bits per heavy atom. The number of nitrogens with zero attached hydrogens (tertiary/aromatic N) is 1. The highest BCUT2D eigenvalue weighted by molar-refractivity contribution is 5.81. The molecule has 1 saturated heterocycles. The molecule has 3 rings (SSSR count). The Morgan fingerprint density at radius 3 is 2.88 bits per heavy atom. The van der Waals surface area contributed by atoms with Crippen molar-refractivity contribution in [3.8, 4) is 0 Å². The molecule has 7 heteroatoms. The van der Waals surface area contributed by atoms with Gasteiger partial charge in [-0.3, -0.25) is 4.79 Å². The Balaban J connectivity index is 1.73. The number of hydrogen-bond donors (Lipinski definition) is 2. The zero-order chi connectivity index (χ0) is 17.5. The van der Waals surface area contributed by atoms with E-state index >= 15 is 0 Å². The van der Waals surface area contributed by atoms with Crippen molar-refractivity contribution in [1.29, 1.82) is 0 Å². The van der Waals surface area contributed by atoms with Crippen LogP contribution in [0.1, 0.15) is 43.4 Å². The van der Waals surface area contributed by atoms with Gasteiger partial charge in [0.15, 0.2) is 6.10 Å². The van der Waals surface area contributed by atoms with Crippen LogP contribution in [0.2, 0.25) is 0 Å². The largest absolute Gasteiger partial charge is 0.466 e. The Hall–Kier alpha value is -2.02. The highest BCUT2D eigenvalue weighted by Crippen LogP contribution is 2.42. The number of carbonyl (C=O) groups is 2. The number of ether oxygens (including phenoxy) is 1. The fraction of sp³-hybridized carbons (Fsp3) is 0.647. The number of fused-ring (bicyclic) bond motifs is 1. The Morgan fingerprint density at radius 1 is 1.42 bits per heavy atom. The first-order valence-electron chi connectivity index (χ1n) is 8.31. The lowest BCUT2D eigenvalue weighted by Gasteiger charge is -2.37. The van der Waals surface area contributed by atoms with Gasteiger partial charge < -0.3 is 25.1 Å². The normalized spacial score (nSPS) is 25.9. The van der Waals surface area contributed by atoms with E-state index in [-0.39, 0.29) is 24.0 Å². The van der Waals surface area contributed by atoms with Crippen LogP contribution in [-0.2, 0) is 16.0 Å². The zero-order valence-corrected chi connectivity index (χ0v) is 14.4. The topological polar surface area (TPSA) is 97.8 Å². The molecule has 3 amide bonds. The molecule has 3 N–H and O–H groups in total. The van der Waals surface area contributed by atoms with Crippen molar-refractivity contribution in [2.24, 2.45) is 11.1 Å². The lowest BCUT2D eigenvalue weighted by molar-refractivity contribution is -0.133. The van der Waals surface area contributed by atoms with Gasteiger partial charge in [0.2, 0.25) is 5.91 Å². The summed E-state index contributed by atoms with van der Waals surface area (Å²) in [4.78, 5) is 25.5. The van der Waals surface area contributed by atoms with Crippen LogP contribution < -0.4 is 11.1 Å². The van der Waals surface area contributed by atoms with Crippen molar-refractivity contribution in [1.82, 2.24) is 10.2 Å². The molecule has 0 unspecified atom stereocenters. The summed E-state index contributed by atoms with van der Waals surface area (Å²) in [5.41, 5.74) is 6.39. The van der Waals surface area contributed by atoms with E-state index in [1.165, 1.54) is 0 Å². The summed E-state index contributed by atoms with van der Waals surface area (Å²) in [5, 5.41) is 3.09. The van der Waals surface area contributed by atoms with E-state index in [0.29, 0.717) is 13.2 Å². The van der Waals surface area contributed by atoms with Crippen molar-refractivity contribution >= 4 is 11.9 Å². The first-order chi connectivity index (χ1) is 11.2. The molecule has 2 aliphatic rings. The quantitative estimate of drug-likeness (QED) is 0.855. The molecule has 24 heavy (non-hydrogen) atoms. The Kier molecular flexibility index (Phi) is 4.29. The number of aryl methyl sites for hydroxylation is 1. The lowest BCUT2D eigenvalue weighted by Crippen LogP contribution is -2.54. The van der Waals surface area contributed by atoms with Crippen LogP contribution in [0.4, 0.5) is 4.79 Å². The number of hydrogen-bond acceptors (Lipinski definition) is 4. The number of furan rings is 1. The summed E-state index contributed by atoms with van der Waals surface area (Å²) in [6.07, 6.45) is 0.969. The van der Waals surface area contributed by atoms with E-state index < -0.39 is 12.0 Å². The maximum Gasteiger partial charge on any atom is 0.318 e. The molecule has 1 aromatic heterocycles. The molecule has 1 fully saturated rings. The van der Waals surface area contributed by atoms with E-state index in [2.05, 4.69) is 19.2 Å². The molecular weight excluding hydrogens is 310 g/mol. The minimum atomic E-state index is -0.737. The highest BCUT2D eigenvalue weighted by Gasteiger charge is 2.37. The molecule has 2 atom stereocenters. The Labute approximate surface area is 141 Å². The van der Waals surface area contributed by atoms with Crippen LogP contribution in [0.15, 0.2) is 10.5 Å². The van der Waals surface area contributed by atoms with Gasteiger partial charge in [-0.15, -0.1) is 0 Å². The second-order valence-corrected chi connectivity index (χ2v) is 7.49. The van der Waals surface area contributed by atoms with E-state index in [1.54, 1.807) is 4.90 Å². The standard InChI is InChI=1S/C17H25N3O4/c1-10-6-11-12(7-17(2,3)8-13(11)24-10)19-16(22)20-4-5-23-14(9-20)15(18)21/h6,12,14H,4-5,7-9H2,1-3H3,(H2,18,21)(H,19,22)/t12-,14-/m1/s1. The molecule has 0 radical (unpaired) electrons. The van der Waals surface area contributed by atoms with Gasteiger partial charge in [-0.05, 0) is 24.8 Å². The van der Waals surface area contributed by atoms with Crippen LogP contribution in [-0.4, -0.2) is 42.6 Å². The Bertz CT molecular complexity index is 652. The summed E-state index contributed by atoms with van der Waals surface area (Å²) in [6, 6.07) is 1.71. The third-order valence-electron chi connectivity index (χ3n) is 4.70. The molecular formula is C17H25N3O4. The molecule has 7 nitrogen and oxygen atoms in total. The maximum absolute atomic E-state index is 12.6. The number of primary amides is 1. The smallest absolute Gasteiger partial charge is 0.318 e. The van der Waals surface area contributed by atoms with Gasteiger partial charge in [0, 0.05) is 18.5 Å². The molecule has 132 valence electrons. The number of urea groups is 1. The fourth-order valence-corrected chi connectivity index (χ4v) is 3.56. The third-order valence-corrected chi connectivity index (χ3v) is 4.70. The number of carbonyl (C=O) groups excluding carboxylic acids is 2. The van der Waals surface area contributed by atoms with Gasteiger partial charge >= 0.3 is 6.03 Å². The average Bonchev–Trinajstić information content (AvgIpc) is 2.86. The summed E-state index contributed by atoms with van der Waals surface area (Å²) in [7, 11) is 0. The highest BCUT2D eigenvalue weighted by atomic mass is 16.5. The van der Waals surface area contributed by atoms with Gasteiger partial charge in [0.05, 0.1) is 19.2 Å². The SMILES string of the molecule is Cc1cc2c(o1)CC(C)(C)C[C@H]2NC(=O)N1CCO[C@@H](C(N)=O)C1. The number of amides is 3. The predicted molar refractivity (Wildman–Crippen MR) is 87.3 cm³/mol. The molecule has 0 aromatic carbocycles. The zero-order valence-electron chi connectivity index (χ0n) is 14.4. The maximum atomic E-state index is 12.6. The van der Waals surface area contributed by atoms with Crippen LogP contribution in [0.5, 0.6) is 0 Å². The fourth-order valence-electron chi connectivity index (χ4n) is 3.56. The van der Waals surface area contributed by atoms with Gasteiger partial charge in [-0.1, -0.05) is 13.8 Å².